The molecule has 0 aliphatic rings. The van der Waals surface area contributed by atoms with Crippen LogP contribution in [0.4, 0.5) is 16.1 Å². The van der Waals surface area contributed by atoms with Gasteiger partial charge in [-0.1, -0.05) is 12.1 Å². The summed E-state index contributed by atoms with van der Waals surface area (Å²) in [4.78, 5) is 14.3. The van der Waals surface area contributed by atoms with Crippen LogP contribution in [0.1, 0.15) is 5.56 Å². The normalized spacial score (nSPS) is 10.7. The van der Waals surface area contributed by atoms with Gasteiger partial charge in [0, 0.05) is 18.7 Å². The molecule has 0 bridgehead atoms. The molecule has 1 aromatic heterocycles. The van der Waals surface area contributed by atoms with Gasteiger partial charge in [0.05, 0.1) is 4.92 Å². The monoisotopic (exact) mass is 287 g/mol. The molecule has 0 atom stereocenters. The van der Waals surface area contributed by atoms with Gasteiger partial charge in [-0.25, -0.2) is 4.39 Å². The third kappa shape index (κ3) is 2.81. The van der Waals surface area contributed by atoms with Crippen LogP contribution in [-0.2, 0) is 6.54 Å². The first-order chi connectivity index (χ1) is 10.1. The van der Waals surface area contributed by atoms with Crippen molar-refractivity contribution in [2.45, 2.75) is 6.54 Å². The van der Waals surface area contributed by atoms with Gasteiger partial charge >= 0.3 is 0 Å². The van der Waals surface area contributed by atoms with E-state index in [0.717, 1.165) is 5.56 Å². The minimum absolute atomic E-state index is 0.0408. The predicted octanol–water partition coefficient (Wildman–Crippen LogP) is 3.49. The summed E-state index contributed by atoms with van der Waals surface area (Å²) >= 11 is 0. The molecule has 1 heterocycles. The second-order valence-corrected chi connectivity index (χ2v) is 4.41. The van der Waals surface area contributed by atoms with Gasteiger partial charge in [-0.05, 0) is 23.8 Å². The third-order valence-electron chi connectivity index (χ3n) is 2.94. The van der Waals surface area contributed by atoms with Crippen molar-refractivity contribution in [1.82, 2.24) is 4.98 Å². The first-order valence-corrected chi connectivity index (χ1v) is 6.15. The van der Waals surface area contributed by atoms with Crippen LogP contribution in [0.25, 0.3) is 11.1 Å². The molecule has 0 aliphatic heterocycles. The summed E-state index contributed by atoms with van der Waals surface area (Å²) in [7, 11) is 0. The number of anilines is 1. The smallest absolute Gasteiger partial charge is 0.295 e. The average Bonchev–Trinajstić information content (AvgIpc) is 2.88. The highest BCUT2D eigenvalue weighted by molar-refractivity contribution is 5.77. The Balaban J connectivity index is 1.78. The summed E-state index contributed by atoms with van der Waals surface area (Å²) < 4.78 is 18.2. The maximum atomic E-state index is 12.8. The Morgan fingerprint density at radius 2 is 2.00 bits per heavy atom. The highest BCUT2D eigenvalue weighted by Gasteiger charge is 2.11. The van der Waals surface area contributed by atoms with Crippen LogP contribution in [-0.4, -0.2) is 9.91 Å². The average molecular weight is 287 g/mol. The van der Waals surface area contributed by atoms with E-state index in [1.807, 2.05) is 0 Å². The van der Waals surface area contributed by atoms with Crippen molar-refractivity contribution >= 4 is 22.8 Å². The molecule has 0 saturated carbocycles. The van der Waals surface area contributed by atoms with Crippen LogP contribution in [0.15, 0.2) is 46.9 Å². The van der Waals surface area contributed by atoms with Gasteiger partial charge in [0.15, 0.2) is 5.58 Å². The minimum atomic E-state index is -0.486. The summed E-state index contributed by atoms with van der Waals surface area (Å²) in [6.45, 7) is 0.412. The summed E-state index contributed by atoms with van der Waals surface area (Å²) in [6, 6.07) is 10.5. The molecule has 3 aromatic rings. The Labute approximate surface area is 118 Å². The molecule has 0 aliphatic carbocycles. The number of fused-ring (bicyclic) bond motifs is 1. The molecule has 0 unspecified atom stereocenters. The molecular weight excluding hydrogens is 277 g/mol. The molecule has 0 amide bonds. The van der Waals surface area contributed by atoms with Gasteiger partial charge in [-0.3, -0.25) is 10.1 Å². The summed E-state index contributed by atoms with van der Waals surface area (Å²) in [5, 5.41) is 13.6. The van der Waals surface area contributed by atoms with E-state index in [0.29, 0.717) is 17.6 Å². The summed E-state index contributed by atoms with van der Waals surface area (Å²) in [6.07, 6.45) is 0. The number of benzene rings is 2. The lowest BCUT2D eigenvalue weighted by atomic mass is 10.2. The zero-order chi connectivity index (χ0) is 14.8. The standard InChI is InChI=1S/C14H10FN3O3/c15-10-3-1-9(2-4-10)8-16-14-17-12-7-11(18(19)20)5-6-13(12)21-14/h1-7H,8H2,(H,16,17). The molecule has 0 spiro atoms. The van der Waals surface area contributed by atoms with E-state index >= 15 is 0 Å². The van der Waals surface area contributed by atoms with Crippen LogP contribution in [0, 0.1) is 15.9 Å². The minimum Gasteiger partial charge on any atom is -0.424 e. The Kier molecular flexibility index (Phi) is 3.23. The second kappa shape index (κ2) is 5.20. The summed E-state index contributed by atoms with van der Waals surface area (Å²) in [5.74, 6) is -0.298. The van der Waals surface area contributed by atoms with Gasteiger partial charge < -0.3 is 9.73 Å². The molecule has 3 rings (SSSR count). The van der Waals surface area contributed by atoms with Crippen molar-refractivity contribution in [2.75, 3.05) is 5.32 Å². The maximum absolute atomic E-state index is 12.8. The molecular formula is C14H10FN3O3. The van der Waals surface area contributed by atoms with Crippen molar-refractivity contribution in [1.29, 1.82) is 0 Å². The van der Waals surface area contributed by atoms with E-state index in [9.17, 15) is 14.5 Å². The second-order valence-electron chi connectivity index (χ2n) is 4.41. The fourth-order valence-corrected chi connectivity index (χ4v) is 1.88. The summed E-state index contributed by atoms with van der Waals surface area (Å²) in [5.41, 5.74) is 1.69. The number of nitrogens with one attached hydrogen (secondary N) is 1. The highest BCUT2D eigenvalue weighted by atomic mass is 19.1. The number of non-ortho nitro benzene ring substituents is 1. The van der Waals surface area contributed by atoms with Gasteiger partial charge in [0.2, 0.25) is 0 Å². The lowest BCUT2D eigenvalue weighted by Crippen LogP contribution is -1.99. The lowest BCUT2D eigenvalue weighted by Gasteiger charge is -2.01. The van der Waals surface area contributed by atoms with Crippen molar-refractivity contribution in [2.24, 2.45) is 0 Å². The van der Waals surface area contributed by atoms with Gasteiger partial charge in [0.25, 0.3) is 11.7 Å². The van der Waals surface area contributed by atoms with Crippen LogP contribution in [0.3, 0.4) is 0 Å². The van der Waals surface area contributed by atoms with E-state index in [-0.39, 0.29) is 17.5 Å². The van der Waals surface area contributed by atoms with Crippen molar-refractivity contribution in [3.8, 4) is 0 Å². The van der Waals surface area contributed by atoms with Gasteiger partial charge in [-0.2, -0.15) is 4.98 Å². The molecule has 21 heavy (non-hydrogen) atoms. The molecule has 0 saturated heterocycles. The Hall–Kier alpha value is -2.96. The number of aromatic nitrogens is 1. The van der Waals surface area contributed by atoms with Gasteiger partial charge in [0.1, 0.15) is 11.3 Å². The third-order valence-corrected chi connectivity index (χ3v) is 2.94. The van der Waals surface area contributed by atoms with Crippen molar-refractivity contribution in [3.05, 3.63) is 64.0 Å². The zero-order valence-electron chi connectivity index (χ0n) is 10.7. The van der Waals surface area contributed by atoms with Crippen LogP contribution < -0.4 is 5.32 Å². The molecule has 0 fully saturated rings. The van der Waals surface area contributed by atoms with Crippen LogP contribution in [0.2, 0.25) is 0 Å². The van der Waals surface area contributed by atoms with E-state index in [1.165, 1.54) is 30.3 Å². The fraction of sp³-hybridized carbons (Fsp3) is 0.0714. The molecule has 1 N–H and O–H groups in total. The van der Waals surface area contributed by atoms with E-state index in [2.05, 4.69) is 10.3 Å². The van der Waals surface area contributed by atoms with E-state index in [4.69, 9.17) is 4.42 Å². The Bertz CT molecular complexity index is 799. The highest BCUT2D eigenvalue weighted by Crippen LogP contribution is 2.23. The number of hydrogen-bond acceptors (Lipinski definition) is 5. The number of oxazole rings is 1. The number of rotatable bonds is 4. The first-order valence-electron chi connectivity index (χ1n) is 6.15. The molecule has 7 heteroatoms. The Morgan fingerprint density at radius 3 is 2.71 bits per heavy atom. The molecule has 2 aromatic carbocycles. The van der Waals surface area contributed by atoms with Crippen LogP contribution in [0.5, 0.6) is 0 Å². The zero-order valence-corrected chi connectivity index (χ0v) is 10.7. The van der Waals surface area contributed by atoms with E-state index in [1.54, 1.807) is 12.1 Å². The SMILES string of the molecule is O=[N+]([O-])c1ccc2oc(NCc3ccc(F)cc3)nc2c1. The topological polar surface area (TPSA) is 81.2 Å². The van der Waals surface area contributed by atoms with Crippen molar-refractivity contribution < 1.29 is 13.7 Å². The van der Waals surface area contributed by atoms with Crippen LogP contribution >= 0.6 is 0 Å². The number of nitro groups is 1. The lowest BCUT2D eigenvalue weighted by molar-refractivity contribution is -0.384. The number of hydrogen-bond donors (Lipinski definition) is 1. The number of nitrogens with zero attached hydrogens (tertiary/aromatic N) is 2. The Morgan fingerprint density at radius 1 is 1.24 bits per heavy atom. The van der Waals surface area contributed by atoms with Gasteiger partial charge in [-0.15, -0.1) is 0 Å². The number of nitro benzene ring substituents is 1. The van der Waals surface area contributed by atoms with Crippen molar-refractivity contribution in [3.63, 3.8) is 0 Å². The number of halogens is 1. The van der Waals surface area contributed by atoms with E-state index < -0.39 is 4.92 Å². The quantitative estimate of drug-likeness (QED) is 0.586. The first kappa shape index (κ1) is 13.0. The largest absolute Gasteiger partial charge is 0.424 e. The molecule has 0 radical (unpaired) electrons. The molecule has 106 valence electrons. The fourth-order valence-electron chi connectivity index (χ4n) is 1.88. The predicted molar refractivity (Wildman–Crippen MR) is 74.4 cm³/mol. The molecule has 6 nitrogen and oxygen atoms in total. The maximum Gasteiger partial charge on any atom is 0.295 e.